The van der Waals surface area contributed by atoms with Gasteiger partial charge in [0.15, 0.2) is 0 Å². The van der Waals surface area contributed by atoms with E-state index in [0.717, 1.165) is 6.08 Å². The molecule has 3 amide bonds. The topological polar surface area (TPSA) is 202 Å². The van der Waals surface area contributed by atoms with Gasteiger partial charge in [-0.2, -0.15) is 12.6 Å². The Morgan fingerprint density at radius 3 is 2.08 bits per heavy atom. The maximum absolute atomic E-state index is 11.5. The van der Waals surface area contributed by atoms with Gasteiger partial charge in [0.25, 0.3) is 0 Å². The molecule has 12 heteroatoms. The second kappa shape index (κ2) is 13.8. The van der Waals surface area contributed by atoms with Gasteiger partial charge in [-0.05, 0) is 12.5 Å². The van der Waals surface area contributed by atoms with E-state index < -0.39 is 48.3 Å². The number of rotatable bonds is 10. The number of hydrogen-bond donors (Lipinski definition) is 7. The van der Waals surface area contributed by atoms with Crippen LogP contribution in [0.4, 0.5) is 0 Å². The quantitative estimate of drug-likeness (QED) is 0.159. The Hall–Kier alpha value is -2.60. The van der Waals surface area contributed by atoms with Crippen molar-refractivity contribution in [2.24, 2.45) is 11.5 Å². The van der Waals surface area contributed by atoms with Crippen LogP contribution in [0.15, 0.2) is 12.7 Å². The van der Waals surface area contributed by atoms with Crippen molar-refractivity contribution in [3.8, 4) is 0 Å². The molecule has 0 heterocycles. The van der Waals surface area contributed by atoms with Gasteiger partial charge in [0.05, 0.1) is 0 Å². The lowest BCUT2D eigenvalue weighted by Crippen LogP contribution is -2.49. The summed E-state index contributed by atoms with van der Waals surface area (Å²) in [6.45, 7) is 2.52. The lowest BCUT2D eigenvalue weighted by Gasteiger charge is -2.16. The predicted octanol–water partition coefficient (Wildman–Crippen LogP) is -2.55. The number of aliphatic carboxylic acids is 2. The Balaban J connectivity index is 0. The van der Waals surface area contributed by atoms with Crippen LogP contribution >= 0.6 is 12.6 Å². The predicted molar refractivity (Wildman–Crippen MR) is 90.7 cm³/mol. The molecule has 0 saturated carbocycles. The molecule has 0 saturated heterocycles. The highest BCUT2D eigenvalue weighted by Gasteiger charge is 2.20. The molecule has 142 valence electrons. The van der Waals surface area contributed by atoms with Gasteiger partial charge >= 0.3 is 11.9 Å². The minimum absolute atomic E-state index is 0.0256. The maximum Gasteiger partial charge on any atom is 0.322 e. The Kier molecular flexibility index (Phi) is 13.6. The average Bonchev–Trinajstić information content (AvgIpc) is 2.55. The fourth-order valence-corrected chi connectivity index (χ4v) is 1.41. The van der Waals surface area contributed by atoms with Crippen LogP contribution in [0.5, 0.6) is 0 Å². The third-order valence-electron chi connectivity index (χ3n) is 2.45. The summed E-state index contributed by atoms with van der Waals surface area (Å²) in [5.41, 5.74) is 9.76. The van der Waals surface area contributed by atoms with Gasteiger partial charge in [0.2, 0.25) is 17.7 Å². The maximum atomic E-state index is 11.5. The average molecular weight is 378 g/mol. The van der Waals surface area contributed by atoms with Crippen molar-refractivity contribution in [2.45, 2.75) is 24.9 Å². The molecule has 8 N–H and O–H groups in total. The Morgan fingerprint density at radius 1 is 1.20 bits per heavy atom. The first kappa shape index (κ1) is 24.6. The molecule has 0 fully saturated rings. The van der Waals surface area contributed by atoms with E-state index in [1.165, 1.54) is 0 Å². The normalized spacial score (nSPS) is 11.8. The van der Waals surface area contributed by atoms with E-state index in [1.54, 1.807) is 0 Å². The molecule has 0 bridgehead atoms. The molecule has 25 heavy (non-hydrogen) atoms. The number of hydrogen-bond acceptors (Lipinski definition) is 7. The molecule has 0 radical (unpaired) electrons. The highest BCUT2D eigenvalue weighted by molar-refractivity contribution is 7.80. The molecule has 0 aliphatic rings. The third kappa shape index (κ3) is 14.7. The third-order valence-corrected chi connectivity index (χ3v) is 2.81. The number of primary amides is 1. The number of carbonyl (C=O) groups excluding carboxylic acids is 3. The number of carbonyl (C=O) groups is 5. The van der Waals surface area contributed by atoms with E-state index in [-0.39, 0.29) is 18.6 Å². The van der Waals surface area contributed by atoms with Crippen molar-refractivity contribution in [3.63, 3.8) is 0 Å². The van der Waals surface area contributed by atoms with Gasteiger partial charge in [0, 0.05) is 12.2 Å². The molecule has 0 aliphatic heterocycles. The molecular formula is C13H22N4O7S. The number of carboxylic acid groups (broad SMARTS) is 2. The van der Waals surface area contributed by atoms with Gasteiger partial charge in [-0.25, -0.2) is 0 Å². The SMILES string of the molecule is C=CC(N)=O.NC(CCC(=O)NC(CS)C(=O)NCC(=O)O)C(=O)O. The fourth-order valence-electron chi connectivity index (χ4n) is 1.16. The molecule has 0 rings (SSSR count). The van der Waals surface area contributed by atoms with Crippen LogP contribution in [-0.2, 0) is 24.0 Å². The number of nitrogens with one attached hydrogen (secondary N) is 2. The number of amides is 3. The smallest absolute Gasteiger partial charge is 0.322 e. The lowest BCUT2D eigenvalue weighted by molar-refractivity contribution is -0.139. The van der Waals surface area contributed by atoms with Crippen LogP contribution < -0.4 is 22.1 Å². The first-order valence-electron chi connectivity index (χ1n) is 6.85. The lowest BCUT2D eigenvalue weighted by atomic mass is 10.1. The summed E-state index contributed by atoms with van der Waals surface area (Å²) < 4.78 is 0. The van der Waals surface area contributed by atoms with Gasteiger partial charge < -0.3 is 32.3 Å². The highest BCUT2D eigenvalue weighted by atomic mass is 32.1. The second-order valence-corrected chi connectivity index (χ2v) is 4.87. The molecule has 0 spiro atoms. The standard InChI is InChI=1S/C10H17N3O6S.C3H5NO/c11-5(10(18)19)1-2-7(14)13-6(4-20)9(17)12-3-8(15)16;1-2-3(4)5/h5-6,20H,1-4,11H2,(H,12,17)(H,13,14)(H,15,16)(H,18,19);2H,1H2,(H2,4,5). The Bertz CT molecular complexity index is 513. The van der Waals surface area contributed by atoms with E-state index in [0.29, 0.717) is 0 Å². The van der Waals surface area contributed by atoms with Crippen LogP contribution in [0, 0.1) is 0 Å². The Morgan fingerprint density at radius 2 is 1.72 bits per heavy atom. The zero-order valence-corrected chi connectivity index (χ0v) is 14.2. The van der Waals surface area contributed by atoms with Crippen LogP contribution in [0.3, 0.4) is 0 Å². The summed E-state index contributed by atoms with van der Waals surface area (Å²) >= 11 is 3.87. The van der Waals surface area contributed by atoms with Crippen LogP contribution in [0.2, 0.25) is 0 Å². The minimum Gasteiger partial charge on any atom is -0.480 e. The first-order valence-corrected chi connectivity index (χ1v) is 7.48. The van der Waals surface area contributed by atoms with E-state index in [2.05, 4.69) is 35.6 Å². The molecule has 0 aromatic heterocycles. The minimum atomic E-state index is -1.22. The van der Waals surface area contributed by atoms with Crippen molar-refractivity contribution in [1.29, 1.82) is 0 Å². The number of nitrogens with two attached hydrogens (primary N) is 2. The summed E-state index contributed by atoms with van der Waals surface area (Å²) in [6.07, 6.45) is 0.821. The van der Waals surface area contributed by atoms with Crippen molar-refractivity contribution in [1.82, 2.24) is 10.6 Å². The summed E-state index contributed by atoms with van der Waals surface area (Å²) in [5, 5.41) is 21.4. The molecular weight excluding hydrogens is 356 g/mol. The van der Waals surface area contributed by atoms with E-state index in [1.807, 2.05) is 0 Å². The van der Waals surface area contributed by atoms with Crippen molar-refractivity contribution in [2.75, 3.05) is 12.3 Å². The second-order valence-electron chi connectivity index (χ2n) is 4.50. The summed E-state index contributed by atoms with van der Waals surface area (Å²) in [6, 6.07) is -2.15. The number of thiol groups is 1. The van der Waals surface area contributed by atoms with Gasteiger partial charge in [-0.1, -0.05) is 6.58 Å². The van der Waals surface area contributed by atoms with Crippen LogP contribution in [0.25, 0.3) is 0 Å². The van der Waals surface area contributed by atoms with Gasteiger partial charge in [0.1, 0.15) is 18.6 Å². The van der Waals surface area contributed by atoms with E-state index >= 15 is 0 Å². The molecule has 0 aliphatic carbocycles. The molecule has 2 atom stereocenters. The Labute approximate surface area is 149 Å². The van der Waals surface area contributed by atoms with Gasteiger partial charge in [-0.3, -0.25) is 24.0 Å². The van der Waals surface area contributed by atoms with E-state index in [9.17, 15) is 24.0 Å². The molecule has 0 aromatic rings. The van der Waals surface area contributed by atoms with Gasteiger partial charge in [-0.15, -0.1) is 0 Å². The van der Waals surface area contributed by atoms with E-state index in [4.69, 9.17) is 15.9 Å². The summed E-state index contributed by atoms with van der Waals surface area (Å²) in [4.78, 5) is 53.2. The molecule has 11 nitrogen and oxygen atoms in total. The van der Waals surface area contributed by atoms with Crippen molar-refractivity contribution >= 4 is 42.3 Å². The van der Waals surface area contributed by atoms with Crippen molar-refractivity contribution in [3.05, 3.63) is 12.7 Å². The van der Waals surface area contributed by atoms with Crippen LogP contribution in [0.1, 0.15) is 12.8 Å². The number of carboxylic acids is 2. The monoisotopic (exact) mass is 378 g/mol. The summed E-state index contributed by atoms with van der Waals surface area (Å²) in [5.74, 6) is -4.19. The van der Waals surface area contributed by atoms with Crippen LogP contribution in [-0.4, -0.2) is 64.3 Å². The zero-order chi connectivity index (χ0) is 20.0. The first-order chi connectivity index (χ1) is 11.5. The fraction of sp³-hybridized carbons (Fsp3) is 0.462. The zero-order valence-electron chi connectivity index (χ0n) is 13.3. The van der Waals surface area contributed by atoms with Crippen molar-refractivity contribution < 1.29 is 34.2 Å². The molecule has 2 unspecified atom stereocenters. The highest BCUT2D eigenvalue weighted by Crippen LogP contribution is 1.97. The largest absolute Gasteiger partial charge is 0.480 e. The molecule has 0 aromatic carbocycles. The summed E-state index contributed by atoms with van der Waals surface area (Å²) in [7, 11) is 0.